The lowest BCUT2D eigenvalue weighted by Gasteiger charge is -2.36. The van der Waals surface area contributed by atoms with Crippen LogP contribution in [0.2, 0.25) is 0 Å². The molecule has 0 aromatic heterocycles. The van der Waals surface area contributed by atoms with Crippen molar-refractivity contribution in [2.75, 3.05) is 6.61 Å². The maximum atomic E-state index is 6.00. The molecule has 1 heterocycles. The average Bonchev–Trinajstić information content (AvgIpc) is 2.40. The molecule has 0 bridgehead atoms. The maximum absolute atomic E-state index is 6.00. The Morgan fingerprint density at radius 3 is 2.76 bits per heavy atom. The minimum absolute atomic E-state index is 0.552. The zero-order chi connectivity index (χ0) is 11.5. The molecule has 0 radical (unpaired) electrons. The number of hydrogen-bond acceptors (Lipinski definition) is 1. The molecule has 1 saturated heterocycles. The van der Waals surface area contributed by atoms with Gasteiger partial charge in [0.25, 0.3) is 0 Å². The Labute approximate surface area is 103 Å². The predicted octanol–water partition coefficient (Wildman–Crippen LogP) is 4.05. The van der Waals surface area contributed by atoms with E-state index in [0.29, 0.717) is 6.10 Å². The summed E-state index contributed by atoms with van der Waals surface area (Å²) in [5.41, 5.74) is 2.78. The van der Waals surface area contributed by atoms with Crippen LogP contribution in [-0.2, 0) is 4.74 Å². The first-order valence-electron chi connectivity index (χ1n) is 6.78. The standard InChI is InChI=1S/C16H20O/c1-2-6-13(7-3-1)10-14-11-15-8-4-5-9-16(15)17-12-14/h1-3,6-7,10,15-16H,4-5,8-9,11-12H2/b14-10+/t15-,16+/m1/s1. The lowest BCUT2D eigenvalue weighted by Crippen LogP contribution is -2.33. The first-order valence-corrected chi connectivity index (χ1v) is 6.78. The molecule has 1 aromatic rings. The monoisotopic (exact) mass is 228 g/mol. The highest BCUT2D eigenvalue weighted by Crippen LogP contribution is 2.35. The number of rotatable bonds is 1. The van der Waals surface area contributed by atoms with Crippen LogP contribution in [0, 0.1) is 5.92 Å². The van der Waals surface area contributed by atoms with Crippen molar-refractivity contribution in [2.45, 2.75) is 38.2 Å². The van der Waals surface area contributed by atoms with Crippen LogP contribution < -0.4 is 0 Å². The summed E-state index contributed by atoms with van der Waals surface area (Å²) in [6.45, 7) is 0.843. The first kappa shape index (κ1) is 11.0. The second-order valence-electron chi connectivity index (χ2n) is 5.31. The van der Waals surface area contributed by atoms with Crippen molar-refractivity contribution < 1.29 is 4.74 Å². The summed E-state index contributed by atoms with van der Waals surface area (Å²) in [7, 11) is 0. The Bertz CT molecular complexity index is 393. The lowest BCUT2D eigenvalue weighted by molar-refractivity contribution is -0.0222. The van der Waals surface area contributed by atoms with Gasteiger partial charge in [-0.05, 0) is 36.3 Å². The third-order valence-electron chi connectivity index (χ3n) is 4.02. The second-order valence-corrected chi connectivity index (χ2v) is 5.31. The van der Waals surface area contributed by atoms with Crippen molar-refractivity contribution in [2.24, 2.45) is 5.92 Å². The van der Waals surface area contributed by atoms with Gasteiger partial charge in [-0.15, -0.1) is 0 Å². The van der Waals surface area contributed by atoms with E-state index in [-0.39, 0.29) is 0 Å². The molecule has 0 N–H and O–H groups in total. The van der Waals surface area contributed by atoms with Crippen molar-refractivity contribution in [3.05, 3.63) is 41.5 Å². The fraction of sp³-hybridized carbons (Fsp3) is 0.500. The molecule has 0 unspecified atom stereocenters. The third-order valence-corrected chi connectivity index (χ3v) is 4.02. The van der Waals surface area contributed by atoms with E-state index in [1.165, 1.54) is 43.2 Å². The summed E-state index contributed by atoms with van der Waals surface area (Å²) < 4.78 is 6.00. The van der Waals surface area contributed by atoms with Crippen LogP contribution in [0.3, 0.4) is 0 Å². The molecule has 0 spiro atoms. The number of fused-ring (bicyclic) bond motifs is 1. The fourth-order valence-corrected chi connectivity index (χ4v) is 3.12. The summed E-state index contributed by atoms with van der Waals surface area (Å²) in [5.74, 6) is 0.785. The van der Waals surface area contributed by atoms with Crippen molar-refractivity contribution in [1.29, 1.82) is 0 Å². The van der Waals surface area contributed by atoms with E-state index in [0.717, 1.165) is 12.5 Å². The maximum Gasteiger partial charge on any atom is 0.0684 e. The molecule has 90 valence electrons. The number of hydrogen-bond donors (Lipinski definition) is 0. The molecule has 2 fully saturated rings. The minimum atomic E-state index is 0.552. The summed E-state index contributed by atoms with van der Waals surface area (Å²) >= 11 is 0. The van der Waals surface area contributed by atoms with Crippen molar-refractivity contribution in [3.63, 3.8) is 0 Å². The van der Waals surface area contributed by atoms with Gasteiger partial charge in [-0.1, -0.05) is 49.2 Å². The van der Waals surface area contributed by atoms with Gasteiger partial charge in [0.2, 0.25) is 0 Å². The SMILES string of the molecule is C(=C1\CO[C@H]2CCCC[C@@H]2C1)/c1ccccc1. The van der Waals surface area contributed by atoms with E-state index >= 15 is 0 Å². The van der Waals surface area contributed by atoms with Crippen LogP contribution in [-0.4, -0.2) is 12.7 Å². The van der Waals surface area contributed by atoms with E-state index < -0.39 is 0 Å². The average molecular weight is 228 g/mol. The molecular formula is C16H20O. The fourth-order valence-electron chi connectivity index (χ4n) is 3.12. The normalized spacial score (nSPS) is 31.2. The molecule has 1 aliphatic heterocycles. The molecule has 1 aromatic carbocycles. The summed E-state index contributed by atoms with van der Waals surface area (Å²) in [6.07, 6.45) is 9.50. The van der Waals surface area contributed by atoms with Crippen molar-refractivity contribution in [3.8, 4) is 0 Å². The van der Waals surface area contributed by atoms with Gasteiger partial charge in [-0.3, -0.25) is 0 Å². The van der Waals surface area contributed by atoms with E-state index in [1.54, 1.807) is 0 Å². The highest BCUT2D eigenvalue weighted by molar-refractivity contribution is 5.53. The first-order chi connectivity index (χ1) is 8.42. The zero-order valence-corrected chi connectivity index (χ0v) is 10.3. The number of ether oxygens (including phenoxy) is 1. The van der Waals surface area contributed by atoms with Gasteiger partial charge in [0.05, 0.1) is 12.7 Å². The molecule has 17 heavy (non-hydrogen) atoms. The van der Waals surface area contributed by atoms with Gasteiger partial charge in [0.15, 0.2) is 0 Å². The van der Waals surface area contributed by atoms with E-state index in [4.69, 9.17) is 4.74 Å². The molecule has 3 rings (SSSR count). The molecule has 1 heteroatoms. The Hall–Kier alpha value is -1.08. The Morgan fingerprint density at radius 2 is 1.88 bits per heavy atom. The molecule has 1 aliphatic carbocycles. The summed E-state index contributed by atoms with van der Waals surface area (Å²) in [6, 6.07) is 10.6. The summed E-state index contributed by atoms with van der Waals surface area (Å²) in [5, 5.41) is 0. The smallest absolute Gasteiger partial charge is 0.0684 e. The highest BCUT2D eigenvalue weighted by atomic mass is 16.5. The van der Waals surface area contributed by atoms with Crippen LogP contribution >= 0.6 is 0 Å². The molecule has 1 nitrogen and oxygen atoms in total. The molecular weight excluding hydrogens is 208 g/mol. The van der Waals surface area contributed by atoms with Crippen LogP contribution in [0.15, 0.2) is 35.9 Å². The Balaban J connectivity index is 1.71. The van der Waals surface area contributed by atoms with Gasteiger partial charge in [-0.25, -0.2) is 0 Å². The largest absolute Gasteiger partial charge is 0.374 e. The van der Waals surface area contributed by atoms with E-state index in [9.17, 15) is 0 Å². The topological polar surface area (TPSA) is 9.23 Å². The van der Waals surface area contributed by atoms with Crippen LogP contribution in [0.4, 0.5) is 0 Å². The van der Waals surface area contributed by atoms with E-state index in [1.807, 2.05) is 0 Å². The Kier molecular flexibility index (Phi) is 3.28. The predicted molar refractivity (Wildman–Crippen MR) is 70.7 cm³/mol. The third kappa shape index (κ3) is 2.61. The quantitative estimate of drug-likeness (QED) is 0.704. The van der Waals surface area contributed by atoms with Gasteiger partial charge in [-0.2, -0.15) is 0 Å². The van der Waals surface area contributed by atoms with E-state index in [2.05, 4.69) is 36.4 Å². The van der Waals surface area contributed by atoms with Gasteiger partial charge >= 0.3 is 0 Å². The van der Waals surface area contributed by atoms with Gasteiger partial charge < -0.3 is 4.74 Å². The molecule has 1 saturated carbocycles. The van der Waals surface area contributed by atoms with Crippen LogP contribution in [0.25, 0.3) is 6.08 Å². The lowest BCUT2D eigenvalue weighted by atomic mass is 9.80. The Morgan fingerprint density at radius 1 is 1.06 bits per heavy atom. The zero-order valence-electron chi connectivity index (χ0n) is 10.3. The minimum Gasteiger partial charge on any atom is -0.374 e. The van der Waals surface area contributed by atoms with Crippen molar-refractivity contribution >= 4 is 6.08 Å². The second kappa shape index (κ2) is 5.05. The molecule has 0 amide bonds. The molecule has 2 atom stereocenters. The van der Waals surface area contributed by atoms with Crippen molar-refractivity contribution in [1.82, 2.24) is 0 Å². The van der Waals surface area contributed by atoms with Crippen LogP contribution in [0.5, 0.6) is 0 Å². The van der Waals surface area contributed by atoms with Crippen LogP contribution in [0.1, 0.15) is 37.7 Å². The highest BCUT2D eigenvalue weighted by Gasteiger charge is 2.30. The van der Waals surface area contributed by atoms with Gasteiger partial charge in [0.1, 0.15) is 0 Å². The number of benzene rings is 1. The molecule has 2 aliphatic rings. The summed E-state index contributed by atoms with van der Waals surface area (Å²) in [4.78, 5) is 0. The van der Waals surface area contributed by atoms with Gasteiger partial charge in [0, 0.05) is 0 Å².